The summed E-state index contributed by atoms with van der Waals surface area (Å²) in [6.45, 7) is 0. The molecule has 0 aliphatic heterocycles. The van der Waals surface area contributed by atoms with Crippen molar-refractivity contribution in [1.82, 2.24) is 4.98 Å². The van der Waals surface area contributed by atoms with Crippen LogP contribution < -0.4 is 14.8 Å². The van der Waals surface area contributed by atoms with Gasteiger partial charge in [0.05, 0.1) is 20.4 Å². The number of aromatic nitrogens is 1. The zero-order chi connectivity index (χ0) is 15.4. The van der Waals surface area contributed by atoms with Gasteiger partial charge in [0.2, 0.25) is 0 Å². The maximum atomic E-state index is 5.72. The molecule has 1 heterocycles. The third-order valence-corrected chi connectivity index (χ3v) is 3.17. The number of oxazole rings is 1. The third kappa shape index (κ3) is 3.96. The molecule has 0 aliphatic carbocycles. The molecule has 1 N–H and O–H groups in total. The second-order valence-corrected chi connectivity index (χ2v) is 4.62. The van der Waals surface area contributed by atoms with Crippen LogP contribution in [0.4, 0.5) is 11.7 Å². The minimum Gasteiger partial charge on any atom is -0.497 e. The van der Waals surface area contributed by atoms with E-state index in [-0.39, 0.29) is 12.4 Å². The highest BCUT2D eigenvalue weighted by atomic mass is 35.5. The first-order valence-corrected chi connectivity index (χ1v) is 6.80. The van der Waals surface area contributed by atoms with E-state index in [2.05, 4.69) is 10.3 Å². The van der Waals surface area contributed by atoms with Crippen LogP contribution in [0, 0.1) is 0 Å². The number of ether oxygens (including phenoxy) is 2. The summed E-state index contributed by atoms with van der Waals surface area (Å²) >= 11 is 0. The lowest BCUT2D eigenvalue weighted by Crippen LogP contribution is -1.93. The van der Waals surface area contributed by atoms with Gasteiger partial charge in [-0.05, 0) is 0 Å². The third-order valence-electron chi connectivity index (χ3n) is 3.17. The summed E-state index contributed by atoms with van der Waals surface area (Å²) in [4.78, 5) is 4.24. The highest BCUT2D eigenvalue weighted by Crippen LogP contribution is 2.29. The van der Waals surface area contributed by atoms with Gasteiger partial charge < -0.3 is 19.2 Å². The standard InChI is InChI=1S/C17H16N2O3.ClH/c1-20-14-8-13(9-15(10-14)21-2)19-17-18-11-16(22-17)12-6-4-3-5-7-12;/h3-11H,1-2H3,(H,18,19);1H. The molecule has 2 aromatic carbocycles. The molecule has 23 heavy (non-hydrogen) atoms. The SMILES string of the molecule is COc1cc(Nc2ncc(-c3ccccc3)o2)cc(OC)c1.Cl. The van der Waals surface area contributed by atoms with Crippen LogP contribution in [0.1, 0.15) is 0 Å². The Bertz CT molecular complexity index is 737. The molecule has 0 saturated carbocycles. The van der Waals surface area contributed by atoms with Gasteiger partial charge in [0.25, 0.3) is 6.01 Å². The van der Waals surface area contributed by atoms with Gasteiger partial charge >= 0.3 is 0 Å². The van der Waals surface area contributed by atoms with Gasteiger partial charge in [-0.2, -0.15) is 0 Å². The first kappa shape index (κ1) is 16.7. The van der Waals surface area contributed by atoms with Gasteiger partial charge in [0, 0.05) is 29.4 Å². The monoisotopic (exact) mass is 332 g/mol. The van der Waals surface area contributed by atoms with Crippen molar-refractivity contribution < 1.29 is 13.9 Å². The number of hydrogen-bond donors (Lipinski definition) is 1. The van der Waals surface area contributed by atoms with Crippen LogP contribution in [0.2, 0.25) is 0 Å². The summed E-state index contributed by atoms with van der Waals surface area (Å²) in [6.07, 6.45) is 1.69. The van der Waals surface area contributed by atoms with Crippen LogP contribution in [0.5, 0.6) is 11.5 Å². The molecule has 3 rings (SSSR count). The number of rotatable bonds is 5. The smallest absolute Gasteiger partial charge is 0.299 e. The van der Waals surface area contributed by atoms with E-state index < -0.39 is 0 Å². The molecule has 1 aromatic heterocycles. The Labute approximate surface area is 140 Å². The van der Waals surface area contributed by atoms with E-state index in [0.29, 0.717) is 23.3 Å². The Morgan fingerprint density at radius 1 is 0.957 bits per heavy atom. The lowest BCUT2D eigenvalue weighted by Gasteiger charge is -2.08. The molecule has 0 amide bonds. The van der Waals surface area contributed by atoms with Crippen LogP contribution >= 0.6 is 12.4 Å². The Morgan fingerprint density at radius 3 is 2.22 bits per heavy atom. The van der Waals surface area contributed by atoms with Crippen molar-refractivity contribution in [2.45, 2.75) is 0 Å². The van der Waals surface area contributed by atoms with E-state index in [0.717, 1.165) is 11.3 Å². The molecular weight excluding hydrogens is 316 g/mol. The number of nitrogens with one attached hydrogen (secondary N) is 1. The van der Waals surface area contributed by atoms with Gasteiger partial charge in [-0.25, -0.2) is 4.98 Å². The predicted octanol–water partition coefficient (Wildman–Crippen LogP) is 4.52. The fraction of sp³-hybridized carbons (Fsp3) is 0.118. The molecule has 0 fully saturated rings. The molecular formula is C17H17ClN2O3. The van der Waals surface area contributed by atoms with Gasteiger partial charge in [-0.15, -0.1) is 12.4 Å². The molecule has 0 unspecified atom stereocenters. The molecule has 0 radical (unpaired) electrons. The number of anilines is 2. The van der Waals surface area contributed by atoms with Gasteiger partial charge in [0.15, 0.2) is 5.76 Å². The Kier molecular flexibility index (Phi) is 5.49. The molecule has 6 heteroatoms. The summed E-state index contributed by atoms with van der Waals surface area (Å²) in [5, 5.41) is 3.11. The van der Waals surface area contributed by atoms with E-state index in [1.807, 2.05) is 42.5 Å². The number of halogens is 1. The van der Waals surface area contributed by atoms with E-state index in [1.54, 1.807) is 26.5 Å². The normalized spacial score (nSPS) is 9.83. The van der Waals surface area contributed by atoms with E-state index in [4.69, 9.17) is 13.9 Å². The summed E-state index contributed by atoms with van der Waals surface area (Å²) in [5.74, 6) is 2.09. The van der Waals surface area contributed by atoms with E-state index in [1.165, 1.54) is 0 Å². The number of hydrogen-bond acceptors (Lipinski definition) is 5. The van der Waals surface area contributed by atoms with Crippen LogP contribution in [0.15, 0.2) is 59.1 Å². The predicted molar refractivity (Wildman–Crippen MR) is 92.0 cm³/mol. The van der Waals surface area contributed by atoms with Crippen LogP contribution in [-0.2, 0) is 0 Å². The van der Waals surface area contributed by atoms with Crippen LogP contribution in [0.25, 0.3) is 11.3 Å². The molecule has 120 valence electrons. The largest absolute Gasteiger partial charge is 0.497 e. The molecule has 0 spiro atoms. The topological polar surface area (TPSA) is 56.5 Å². The molecule has 0 saturated heterocycles. The Balaban J connectivity index is 0.00000192. The second kappa shape index (κ2) is 7.56. The summed E-state index contributed by atoms with van der Waals surface area (Å²) in [7, 11) is 3.22. The molecule has 0 aliphatic rings. The maximum Gasteiger partial charge on any atom is 0.299 e. The van der Waals surface area contributed by atoms with Crippen molar-refractivity contribution in [2.75, 3.05) is 19.5 Å². The molecule has 0 atom stereocenters. The maximum absolute atomic E-state index is 5.72. The molecule has 5 nitrogen and oxygen atoms in total. The first-order valence-electron chi connectivity index (χ1n) is 6.80. The van der Waals surface area contributed by atoms with Gasteiger partial charge in [-0.3, -0.25) is 0 Å². The highest BCUT2D eigenvalue weighted by molar-refractivity contribution is 5.85. The lowest BCUT2D eigenvalue weighted by atomic mass is 10.2. The number of benzene rings is 2. The lowest BCUT2D eigenvalue weighted by molar-refractivity contribution is 0.394. The average molecular weight is 333 g/mol. The van der Waals surface area contributed by atoms with Crippen LogP contribution in [0.3, 0.4) is 0 Å². The average Bonchev–Trinajstić information content (AvgIpc) is 3.03. The Hall–Kier alpha value is -2.66. The summed E-state index contributed by atoms with van der Waals surface area (Å²) in [6, 6.07) is 15.7. The zero-order valence-corrected chi connectivity index (χ0v) is 13.6. The quantitative estimate of drug-likeness (QED) is 0.744. The zero-order valence-electron chi connectivity index (χ0n) is 12.8. The first-order chi connectivity index (χ1) is 10.8. The second-order valence-electron chi connectivity index (χ2n) is 4.62. The van der Waals surface area contributed by atoms with Crippen LogP contribution in [-0.4, -0.2) is 19.2 Å². The van der Waals surface area contributed by atoms with Crippen molar-refractivity contribution in [3.8, 4) is 22.8 Å². The van der Waals surface area contributed by atoms with Crippen molar-refractivity contribution in [2.24, 2.45) is 0 Å². The minimum absolute atomic E-state index is 0. The molecule has 0 bridgehead atoms. The fourth-order valence-electron chi connectivity index (χ4n) is 2.07. The molecule has 3 aromatic rings. The highest BCUT2D eigenvalue weighted by Gasteiger charge is 2.08. The van der Waals surface area contributed by atoms with Crippen molar-refractivity contribution in [1.29, 1.82) is 0 Å². The minimum atomic E-state index is 0. The van der Waals surface area contributed by atoms with E-state index in [9.17, 15) is 0 Å². The van der Waals surface area contributed by atoms with Gasteiger partial charge in [-0.1, -0.05) is 30.3 Å². The fourth-order valence-corrected chi connectivity index (χ4v) is 2.07. The Morgan fingerprint density at radius 2 is 1.61 bits per heavy atom. The number of methoxy groups -OCH3 is 2. The van der Waals surface area contributed by atoms with Crippen molar-refractivity contribution in [3.05, 3.63) is 54.7 Å². The summed E-state index contributed by atoms with van der Waals surface area (Å²) in [5.41, 5.74) is 1.75. The summed E-state index contributed by atoms with van der Waals surface area (Å²) < 4.78 is 16.2. The van der Waals surface area contributed by atoms with Crippen molar-refractivity contribution in [3.63, 3.8) is 0 Å². The van der Waals surface area contributed by atoms with E-state index >= 15 is 0 Å². The van der Waals surface area contributed by atoms with Gasteiger partial charge in [0.1, 0.15) is 11.5 Å². The van der Waals surface area contributed by atoms with Crippen molar-refractivity contribution >= 4 is 24.1 Å². The number of nitrogens with zero attached hydrogens (tertiary/aromatic N) is 1.